The summed E-state index contributed by atoms with van der Waals surface area (Å²) in [5, 5.41) is 17.7. The van der Waals surface area contributed by atoms with Crippen LogP contribution in [-0.2, 0) is 6.42 Å². The van der Waals surface area contributed by atoms with E-state index in [4.69, 9.17) is 0 Å². The third-order valence-electron chi connectivity index (χ3n) is 4.82. The number of aromatic nitrogens is 2. The lowest BCUT2D eigenvalue weighted by atomic mass is 9.75. The Morgan fingerprint density at radius 2 is 2.08 bits per heavy atom. The van der Waals surface area contributed by atoms with E-state index in [0.717, 1.165) is 21.9 Å². The molecule has 24 heavy (non-hydrogen) atoms. The van der Waals surface area contributed by atoms with E-state index in [9.17, 15) is 23.1 Å². The number of aryl methyl sites for hydroxylation is 1. The first-order chi connectivity index (χ1) is 11.4. The van der Waals surface area contributed by atoms with Crippen LogP contribution >= 0.6 is 0 Å². The van der Waals surface area contributed by atoms with E-state index in [1.54, 1.807) is 6.07 Å². The molecule has 0 saturated heterocycles. The molecular weight excluding hydrogens is 323 g/mol. The van der Waals surface area contributed by atoms with Crippen LogP contribution < -0.4 is 10.4 Å². The second-order valence-electron chi connectivity index (χ2n) is 6.16. The zero-order valence-corrected chi connectivity index (χ0v) is 12.4. The Labute approximate surface area is 135 Å². The highest BCUT2D eigenvalue weighted by Gasteiger charge is 2.53. The number of carbonyl (C=O) groups is 1. The molecule has 5 nitrogen and oxygen atoms in total. The van der Waals surface area contributed by atoms with Gasteiger partial charge in [0.15, 0.2) is 6.04 Å². The molecule has 1 aliphatic heterocycles. The molecule has 1 N–H and O–H groups in total. The Kier molecular flexibility index (Phi) is 3.13. The number of rotatable bonds is 1. The number of fused-ring (bicyclic) bond motifs is 4. The van der Waals surface area contributed by atoms with Crippen LogP contribution in [0.1, 0.15) is 40.1 Å². The number of carboxylic acids is 1. The van der Waals surface area contributed by atoms with E-state index in [1.807, 2.05) is 18.2 Å². The molecule has 0 spiro atoms. The number of carboxylic acid groups (broad SMARTS) is 1. The topological polar surface area (TPSA) is 70.0 Å². The normalized spacial score (nSPS) is 25.2. The first-order valence-corrected chi connectivity index (χ1v) is 7.58. The minimum Gasteiger partial charge on any atom is -0.543 e. The highest BCUT2D eigenvalue weighted by Crippen LogP contribution is 2.51. The van der Waals surface area contributed by atoms with Crippen molar-refractivity contribution in [2.45, 2.75) is 31.1 Å². The number of aromatic carboxylic acids is 1. The minimum absolute atomic E-state index is 0.0504. The van der Waals surface area contributed by atoms with E-state index in [1.165, 1.54) is 0 Å². The summed E-state index contributed by atoms with van der Waals surface area (Å²) >= 11 is 0. The second kappa shape index (κ2) is 4.99. The molecule has 0 bridgehead atoms. The number of hydrogen-bond acceptors (Lipinski definition) is 4. The fourth-order valence-corrected chi connectivity index (χ4v) is 3.85. The number of anilines is 1. The third kappa shape index (κ3) is 2.16. The number of nitrogens with one attached hydrogen (secondary N) is 1. The Bertz CT molecular complexity index is 815. The first kappa shape index (κ1) is 15.0. The van der Waals surface area contributed by atoms with Crippen LogP contribution in [0.5, 0.6) is 0 Å². The molecule has 4 rings (SSSR count). The Balaban J connectivity index is 1.87. The predicted molar refractivity (Wildman–Crippen MR) is 76.3 cm³/mol. The van der Waals surface area contributed by atoms with E-state index >= 15 is 0 Å². The summed E-state index contributed by atoms with van der Waals surface area (Å²) in [5.74, 6) is -2.29. The van der Waals surface area contributed by atoms with E-state index < -0.39 is 35.8 Å². The molecule has 1 aromatic carbocycles. The summed E-state index contributed by atoms with van der Waals surface area (Å²) in [6.07, 6.45) is -3.63. The summed E-state index contributed by atoms with van der Waals surface area (Å²) in [7, 11) is 0. The fourth-order valence-electron chi connectivity index (χ4n) is 3.85. The molecule has 2 heterocycles. The number of alkyl halides is 3. The Morgan fingerprint density at radius 3 is 2.79 bits per heavy atom. The summed E-state index contributed by atoms with van der Waals surface area (Å²) in [6, 6.07) is 6.10. The second-order valence-corrected chi connectivity index (χ2v) is 6.16. The molecule has 8 heteroatoms. The van der Waals surface area contributed by atoms with Gasteiger partial charge in [0.05, 0.1) is 12.0 Å². The Morgan fingerprint density at radius 1 is 1.33 bits per heavy atom. The van der Waals surface area contributed by atoms with Crippen LogP contribution in [0.2, 0.25) is 0 Å². The summed E-state index contributed by atoms with van der Waals surface area (Å²) < 4.78 is 41.9. The van der Waals surface area contributed by atoms with Gasteiger partial charge in [-0.3, -0.25) is 0 Å². The van der Waals surface area contributed by atoms with Gasteiger partial charge in [0.1, 0.15) is 11.5 Å². The predicted octanol–water partition coefficient (Wildman–Crippen LogP) is 2.08. The van der Waals surface area contributed by atoms with Gasteiger partial charge in [0, 0.05) is 12.0 Å². The zero-order valence-electron chi connectivity index (χ0n) is 12.4. The van der Waals surface area contributed by atoms with Gasteiger partial charge in [-0.25, -0.2) is 4.68 Å². The molecule has 0 amide bonds. The van der Waals surface area contributed by atoms with Gasteiger partial charge in [0.2, 0.25) is 0 Å². The lowest BCUT2D eigenvalue weighted by molar-refractivity contribution is -0.255. The highest BCUT2D eigenvalue weighted by molar-refractivity contribution is 5.84. The SMILES string of the molecule is O=C([O-])c1cc2n(n1)[C@H](C(F)(F)F)[C@H]1CCc3ccccc3[C@@H]1N2. The molecule has 0 saturated carbocycles. The molecule has 0 fully saturated rings. The maximum Gasteiger partial charge on any atom is 0.411 e. The fraction of sp³-hybridized carbons (Fsp3) is 0.375. The van der Waals surface area contributed by atoms with Crippen LogP contribution in [0.3, 0.4) is 0 Å². The summed E-state index contributed by atoms with van der Waals surface area (Å²) in [5.41, 5.74) is 1.34. The van der Waals surface area contributed by atoms with Crippen molar-refractivity contribution < 1.29 is 23.1 Å². The third-order valence-corrected chi connectivity index (χ3v) is 4.82. The Hall–Kier alpha value is -2.51. The molecule has 1 aromatic heterocycles. The molecule has 3 atom stereocenters. The van der Waals surface area contributed by atoms with Gasteiger partial charge in [-0.1, -0.05) is 24.3 Å². The van der Waals surface area contributed by atoms with Crippen molar-refractivity contribution in [2.24, 2.45) is 5.92 Å². The molecule has 1 aliphatic carbocycles. The lowest BCUT2D eigenvalue weighted by Gasteiger charge is -2.43. The van der Waals surface area contributed by atoms with Crippen LogP contribution in [0.4, 0.5) is 19.0 Å². The van der Waals surface area contributed by atoms with Gasteiger partial charge >= 0.3 is 6.18 Å². The van der Waals surface area contributed by atoms with E-state index in [0.29, 0.717) is 12.8 Å². The highest BCUT2D eigenvalue weighted by atomic mass is 19.4. The monoisotopic (exact) mass is 336 g/mol. The zero-order chi connectivity index (χ0) is 17.1. The number of benzene rings is 1. The van der Waals surface area contributed by atoms with Crippen molar-refractivity contribution in [3.8, 4) is 0 Å². The molecule has 2 aromatic rings. The number of hydrogen-bond donors (Lipinski definition) is 1. The quantitative estimate of drug-likeness (QED) is 0.866. The average Bonchev–Trinajstić information content (AvgIpc) is 2.95. The number of carbonyl (C=O) groups excluding carboxylic acids is 1. The van der Waals surface area contributed by atoms with Crippen LogP contribution in [0, 0.1) is 5.92 Å². The summed E-state index contributed by atoms with van der Waals surface area (Å²) in [4.78, 5) is 11.0. The standard InChI is InChI=1S/C16H14F3N3O2/c17-16(18,19)14-10-6-5-8-3-1-2-4-9(8)13(10)20-12-7-11(15(23)24)21-22(12)14/h1-4,7,10,13-14,20H,5-6H2,(H,23,24)/p-1/t10-,13-,14-/m0/s1. The van der Waals surface area contributed by atoms with Crippen LogP contribution in [-0.4, -0.2) is 21.9 Å². The van der Waals surface area contributed by atoms with E-state index in [2.05, 4.69) is 10.4 Å². The number of halogens is 3. The van der Waals surface area contributed by atoms with Gasteiger partial charge in [-0.05, 0) is 24.0 Å². The maximum atomic E-state index is 13.7. The summed E-state index contributed by atoms with van der Waals surface area (Å²) in [6.45, 7) is 0. The average molecular weight is 336 g/mol. The molecular formula is C16H13F3N3O2-. The first-order valence-electron chi connectivity index (χ1n) is 7.58. The van der Waals surface area contributed by atoms with Gasteiger partial charge in [-0.2, -0.15) is 18.3 Å². The molecule has 2 aliphatic rings. The molecule has 0 unspecified atom stereocenters. The van der Waals surface area contributed by atoms with Gasteiger partial charge in [-0.15, -0.1) is 0 Å². The van der Waals surface area contributed by atoms with Crippen molar-refractivity contribution in [2.75, 3.05) is 5.32 Å². The molecule has 0 radical (unpaired) electrons. The van der Waals surface area contributed by atoms with Crippen LogP contribution in [0.15, 0.2) is 30.3 Å². The van der Waals surface area contributed by atoms with Gasteiger partial charge in [0.25, 0.3) is 0 Å². The largest absolute Gasteiger partial charge is 0.543 e. The van der Waals surface area contributed by atoms with Crippen molar-refractivity contribution in [3.63, 3.8) is 0 Å². The maximum absolute atomic E-state index is 13.7. The number of nitrogens with zero attached hydrogens (tertiary/aromatic N) is 2. The minimum atomic E-state index is -4.53. The van der Waals surface area contributed by atoms with Crippen molar-refractivity contribution in [1.82, 2.24) is 9.78 Å². The van der Waals surface area contributed by atoms with E-state index in [-0.39, 0.29) is 5.82 Å². The molecule has 126 valence electrons. The van der Waals surface area contributed by atoms with Crippen LogP contribution in [0.25, 0.3) is 0 Å². The smallest absolute Gasteiger partial charge is 0.411 e. The van der Waals surface area contributed by atoms with Crippen molar-refractivity contribution in [3.05, 3.63) is 47.2 Å². The lowest BCUT2D eigenvalue weighted by Crippen LogP contribution is -2.45. The van der Waals surface area contributed by atoms with Crippen molar-refractivity contribution in [1.29, 1.82) is 0 Å². The van der Waals surface area contributed by atoms with Gasteiger partial charge < -0.3 is 15.2 Å². The van der Waals surface area contributed by atoms with Crippen molar-refractivity contribution >= 4 is 11.8 Å².